The quantitative estimate of drug-likeness (QED) is 0.732. The molecule has 1 atom stereocenters. The number of benzene rings is 1. The zero-order chi connectivity index (χ0) is 19.2. The molecule has 6 nitrogen and oxygen atoms in total. The Balaban J connectivity index is 1.32. The normalized spacial score (nSPS) is 20.3. The number of hydrogen-bond acceptors (Lipinski definition) is 6. The maximum absolute atomic E-state index is 6.07. The summed E-state index contributed by atoms with van der Waals surface area (Å²) in [6.07, 6.45) is 6.79. The SMILES string of the molecule is COc1ccccc1OCC1CCCN(Cc2ccnc(N3CCCC3)n2)C1. The molecule has 1 aromatic heterocycles. The molecule has 0 bridgehead atoms. The highest BCUT2D eigenvalue weighted by Gasteiger charge is 2.22. The van der Waals surface area contributed by atoms with Gasteiger partial charge in [0.1, 0.15) is 0 Å². The molecule has 6 heteroatoms. The number of rotatable bonds is 7. The fourth-order valence-corrected chi connectivity index (χ4v) is 4.15. The molecular weight excluding hydrogens is 352 g/mol. The predicted molar refractivity (Wildman–Crippen MR) is 110 cm³/mol. The van der Waals surface area contributed by atoms with Crippen molar-refractivity contribution in [3.63, 3.8) is 0 Å². The van der Waals surface area contributed by atoms with Crippen molar-refractivity contribution in [2.24, 2.45) is 5.92 Å². The lowest BCUT2D eigenvalue weighted by atomic mass is 9.99. The Morgan fingerprint density at radius 1 is 1.04 bits per heavy atom. The topological polar surface area (TPSA) is 50.7 Å². The summed E-state index contributed by atoms with van der Waals surface area (Å²) in [5, 5.41) is 0. The summed E-state index contributed by atoms with van der Waals surface area (Å²) >= 11 is 0. The smallest absolute Gasteiger partial charge is 0.225 e. The van der Waals surface area contributed by atoms with Crippen molar-refractivity contribution in [1.29, 1.82) is 0 Å². The molecule has 0 spiro atoms. The van der Waals surface area contributed by atoms with Crippen molar-refractivity contribution < 1.29 is 9.47 Å². The Morgan fingerprint density at radius 2 is 1.86 bits per heavy atom. The van der Waals surface area contributed by atoms with Crippen LogP contribution in [-0.2, 0) is 6.54 Å². The highest BCUT2D eigenvalue weighted by molar-refractivity contribution is 5.39. The van der Waals surface area contributed by atoms with Gasteiger partial charge in [-0.15, -0.1) is 0 Å². The van der Waals surface area contributed by atoms with Gasteiger partial charge in [0, 0.05) is 38.3 Å². The van der Waals surface area contributed by atoms with E-state index in [1.54, 1.807) is 7.11 Å². The van der Waals surface area contributed by atoms with E-state index < -0.39 is 0 Å². The minimum Gasteiger partial charge on any atom is -0.493 e. The summed E-state index contributed by atoms with van der Waals surface area (Å²) in [4.78, 5) is 14.1. The zero-order valence-electron chi connectivity index (χ0n) is 16.7. The minimum atomic E-state index is 0.526. The number of nitrogens with zero attached hydrogens (tertiary/aromatic N) is 4. The van der Waals surface area contributed by atoms with Crippen LogP contribution in [0.3, 0.4) is 0 Å². The predicted octanol–water partition coefficient (Wildman–Crippen LogP) is 3.38. The summed E-state index contributed by atoms with van der Waals surface area (Å²) in [7, 11) is 1.68. The molecule has 2 aromatic rings. The summed E-state index contributed by atoms with van der Waals surface area (Å²) in [5.41, 5.74) is 1.11. The van der Waals surface area contributed by atoms with Crippen LogP contribution >= 0.6 is 0 Å². The monoisotopic (exact) mass is 382 g/mol. The first kappa shape index (κ1) is 19.0. The molecule has 0 saturated carbocycles. The van der Waals surface area contributed by atoms with Crippen molar-refractivity contribution in [2.45, 2.75) is 32.2 Å². The van der Waals surface area contributed by atoms with E-state index in [1.807, 2.05) is 30.5 Å². The van der Waals surface area contributed by atoms with Crippen molar-refractivity contribution in [1.82, 2.24) is 14.9 Å². The Bertz CT molecular complexity index is 764. The van der Waals surface area contributed by atoms with Gasteiger partial charge in [-0.3, -0.25) is 4.90 Å². The Hall–Kier alpha value is -2.34. The molecule has 0 amide bonds. The molecule has 2 fully saturated rings. The first-order valence-electron chi connectivity index (χ1n) is 10.4. The maximum atomic E-state index is 6.07. The van der Waals surface area contributed by atoms with Gasteiger partial charge in [0.05, 0.1) is 19.4 Å². The van der Waals surface area contributed by atoms with Gasteiger partial charge in [0.2, 0.25) is 5.95 Å². The molecule has 1 unspecified atom stereocenters. The van der Waals surface area contributed by atoms with Gasteiger partial charge in [0.25, 0.3) is 0 Å². The molecule has 0 aliphatic carbocycles. The molecule has 0 N–H and O–H groups in total. The molecule has 0 radical (unpaired) electrons. The van der Waals surface area contributed by atoms with E-state index >= 15 is 0 Å². The summed E-state index contributed by atoms with van der Waals surface area (Å²) < 4.78 is 11.5. The number of aromatic nitrogens is 2. The number of para-hydroxylation sites is 2. The number of anilines is 1. The average molecular weight is 383 g/mol. The van der Waals surface area contributed by atoms with Gasteiger partial charge in [-0.2, -0.15) is 0 Å². The number of hydrogen-bond donors (Lipinski definition) is 0. The van der Waals surface area contributed by atoms with E-state index in [1.165, 1.54) is 25.7 Å². The van der Waals surface area contributed by atoms with Crippen LogP contribution in [0.25, 0.3) is 0 Å². The van der Waals surface area contributed by atoms with E-state index in [0.29, 0.717) is 5.92 Å². The Kier molecular flexibility index (Phi) is 6.27. The maximum Gasteiger partial charge on any atom is 0.225 e. The van der Waals surface area contributed by atoms with Gasteiger partial charge < -0.3 is 14.4 Å². The summed E-state index contributed by atoms with van der Waals surface area (Å²) in [5.74, 6) is 3.04. The van der Waals surface area contributed by atoms with Crippen LogP contribution in [0.1, 0.15) is 31.4 Å². The second kappa shape index (κ2) is 9.24. The van der Waals surface area contributed by atoms with Crippen molar-refractivity contribution in [3.05, 3.63) is 42.2 Å². The molecule has 2 saturated heterocycles. The molecule has 1 aromatic carbocycles. The standard InChI is InChI=1S/C22H30N4O2/c1-27-20-8-2-3-9-21(20)28-17-18-7-6-12-25(15-18)16-19-10-11-23-22(24-19)26-13-4-5-14-26/h2-3,8-11,18H,4-7,12-17H2,1H3. The highest BCUT2D eigenvalue weighted by atomic mass is 16.5. The number of methoxy groups -OCH3 is 1. The van der Waals surface area contributed by atoms with Crippen molar-refractivity contribution in [3.8, 4) is 11.5 Å². The molecule has 2 aliphatic rings. The number of ether oxygens (including phenoxy) is 2. The summed E-state index contributed by atoms with van der Waals surface area (Å²) in [6.45, 7) is 5.92. The van der Waals surface area contributed by atoms with E-state index in [9.17, 15) is 0 Å². The minimum absolute atomic E-state index is 0.526. The average Bonchev–Trinajstić information content (AvgIpc) is 3.28. The van der Waals surface area contributed by atoms with Crippen molar-refractivity contribution >= 4 is 5.95 Å². The van der Waals surface area contributed by atoms with Crippen LogP contribution in [0, 0.1) is 5.92 Å². The van der Waals surface area contributed by atoms with Gasteiger partial charge in [-0.1, -0.05) is 12.1 Å². The molecular formula is C22H30N4O2. The third-order valence-electron chi connectivity index (χ3n) is 5.62. The number of piperidine rings is 1. The fourth-order valence-electron chi connectivity index (χ4n) is 4.15. The molecule has 2 aliphatic heterocycles. The van der Waals surface area contributed by atoms with Gasteiger partial charge in [-0.05, 0) is 50.4 Å². The Labute approximate surface area is 167 Å². The highest BCUT2D eigenvalue weighted by Crippen LogP contribution is 2.27. The molecule has 28 heavy (non-hydrogen) atoms. The summed E-state index contributed by atoms with van der Waals surface area (Å²) in [6, 6.07) is 9.91. The van der Waals surface area contributed by atoms with Crippen LogP contribution in [0.5, 0.6) is 11.5 Å². The van der Waals surface area contributed by atoms with E-state index in [2.05, 4.69) is 20.9 Å². The number of likely N-dealkylation sites (tertiary alicyclic amines) is 1. The van der Waals surface area contributed by atoms with E-state index in [0.717, 1.165) is 62.5 Å². The fraction of sp³-hybridized carbons (Fsp3) is 0.545. The molecule has 150 valence electrons. The van der Waals surface area contributed by atoms with Gasteiger partial charge >= 0.3 is 0 Å². The second-order valence-corrected chi connectivity index (χ2v) is 7.75. The molecule has 4 rings (SSSR count). The van der Waals surface area contributed by atoms with Crippen LogP contribution in [-0.4, -0.2) is 54.8 Å². The van der Waals surface area contributed by atoms with Crippen molar-refractivity contribution in [2.75, 3.05) is 44.8 Å². The zero-order valence-corrected chi connectivity index (χ0v) is 16.7. The van der Waals surface area contributed by atoms with Gasteiger partial charge in [-0.25, -0.2) is 9.97 Å². The van der Waals surface area contributed by atoms with Crippen LogP contribution in [0.4, 0.5) is 5.95 Å². The lowest BCUT2D eigenvalue weighted by molar-refractivity contribution is 0.122. The first-order valence-corrected chi connectivity index (χ1v) is 10.4. The van der Waals surface area contributed by atoms with E-state index in [-0.39, 0.29) is 0 Å². The first-order chi connectivity index (χ1) is 13.8. The third-order valence-corrected chi connectivity index (χ3v) is 5.62. The third kappa shape index (κ3) is 4.73. The second-order valence-electron chi connectivity index (χ2n) is 7.75. The largest absolute Gasteiger partial charge is 0.493 e. The van der Waals surface area contributed by atoms with E-state index in [4.69, 9.17) is 14.5 Å². The Morgan fingerprint density at radius 3 is 2.68 bits per heavy atom. The lowest BCUT2D eigenvalue weighted by Crippen LogP contribution is -2.37. The van der Waals surface area contributed by atoms with Crippen LogP contribution < -0.4 is 14.4 Å². The molecule has 3 heterocycles. The lowest BCUT2D eigenvalue weighted by Gasteiger charge is -2.32. The van der Waals surface area contributed by atoms with Crippen LogP contribution in [0.15, 0.2) is 36.5 Å². The van der Waals surface area contributed by atoms with Crippen LogP contribution in [0.2, 0.25) is 0 Å². The van der Waals surface area contributed by atoms with Gasteiger partial charge in [0.15, 0.2) is 11.5 Å².